The Morgan fingerprint density at radius 3 is 2.57 bits per heavy atom. The van der Waals surface area contributed by atoms with Crippen LogP contribution in [0.15, 0.2) is 5.09 Å². The van der Waals surface area contributed by atoms with Crippen molar-refractivity contribution in [3.8, 4) is 0 Å². The highest BCUT2D eigenvalue weighted by molar-refractivity contribution is 6.34. The molecule has 0 N–H and O–H groups in total. The molecule has 0 aliphatic carbocycles. The first-order valence-electron chi connectivity index (χ1n) is 2.47. The molecule has 0 aromatic heterocycles. The summed E-state index contributed by atoms with van der Waals surface area (Å²) in [5, 5.41) is 2.63. The van der Waals surface area contributed by atoms with Crippen molar-refractivity contribution in [1.29, 1.82) is 0 Å². The Morgan fingerprint density at radius 2 is 2.43 bits per heavy atom. The van der Waals surface area contributed by atoms with Crippen LogP contribution >= 0.6 is 0 Å². The summed E-state index contributed by atoms with van der Waals surface area (Å²) in [6.07, 6.45) is 0.992. The minimum Gasteiger partial charge on any atom is -0.169 e. The van der Waals surface area contributed by atoms with Gasteiger partial charge in [-0.1, -0.05) is 20.3 Å². The molecule has 0 aromatic carbocycles. The van der Waals surface area contributed by atoms with Crippen molar-refractivity contribution in [3.05, 3.63) is 4.91 Å². The molecule has 1 unspecified atom stereocenters. The largest absolute Gasteiger partial charge is 0.339 e. The van der Waals surface area contributed by atoms with E-state index in [2.05, 4.69) is 5.09 Å². The number of nitroso groups, excluding NO2 is 1. The lowest BCUT2D eigenvalue weighted by Crippen LogP contribution is -1.91. The molecule has 39 valence electrons. The standard InChI is InChI=1S/C4H9BNO/c1-3-4(2)5-6-7/h4H,3H2,1-2H3. The third-order valence-electron chi connectivity index (χ3n) is 0.959. The van der Waals surface area contributed by atoms with Gasteiger partial charge in [-0.3, -0.25) is 0 Å². The zero-order valence-corrected chi connectivity index (χ0v) is 4.72. The lowest BCUT2D eigenvalue weighted by atomic mass is 9.77. The van der Waals surface area contributed by atoms with Gasteiger partial charge in [0.05, 0.1) is 0 Å². The first kappa shape index (κ1) is 6.66. The number of hydrogen-bond acceptors (Lipinski definition) is 2. The SMILES string of the molecule is CCC(C)[B]N=O. The second-order valence-corrected chi connectivity index (χ2v) is 1.64. The summed E-state index contributed by atoms with van der Waals surface area (Å²) in [6, 6.07) is 0. The highest BCUT2D eigenvalue weighted by atomic mass is 16.2. The summed E-state index contributed by atoms with van der Waals surface area (Å²) in [5.74, 6) is 0.345. The van der Waals surface area contributed by atoms with Gasteiger partial charge in [0.25, 0.3) is 0 Å². The summed E-state index contributed by atoms with van der Waals surface area (Å²) in [5.41, 5.74) is 0. The van der Waals surface area contributed by atoms with Crippen LogP contribution in [-0.4, -0.2) is 7.41 Å². The minimum atomic E-state index is 0.345. The van der Waals surface area contributed by atoms with E-state index in [4.69, 9.17) is 0 Å². The zero-order chi connectivity index (χ0) is 5.70. The van der Waals surface area contributed by atoms with Gasteiger partial charge >= 0.3 is 7.41 Å². The van der Waals surface area contributed by atoms with Gasteiger partial charge < -0.3 is 0 Å². The van der Waals surface area contributed by atoms with Crippen LogP contribution in [-0.2, 0) is 0 Å². The lowest BCUT2D eigenvalue weighted by Gasteiger charge is -1.94. The minimum absolute atomic E-state index is 0.345. The molecular formula is C4H9BNO. The summed E-state index contributed by atoms with van der Waals surface area (Å²) >= 11 is 0. The molecule has 1 radical (unpaired) electrons. The monoisotopic (exact) mass is 98.1 g/mol. The van der Waals surface area contributed by atoms with E-state index in [-0.39, 0.29) is 0 Å². The molecule has 2 nitrogen and oxygen atoms in total. The Hall–Kier alpha value is -0.335. The predicted octanol–water partition coefficient (Wildman–Crippen LogP) is 1.59. The van der Waals surface area contributed by atoms with E-state index in [1.807, 2.05) is 13.8 Å². The molecule has 7 heavy (non-hydrogen) atoms. The van der Waals surface area contributed by atoms with Gasteiger partial charge in [-0.25, -0.2) is 0 Å². The number of hydrogen-bond donors (Lipinski definition) is 0. The van der Waals surface area contributed by atoms with Crippen LogP contribution in [0.1, 0.15) is 20.3 Å². The highest BCUT2D eigenvalue weighted by Crippen LogP contribution is 2.04. The van der Waals surface area contributed by atoms with Crippen molar-refractivity contribution in [2.75, 3.05) is 0 Å². The molecule has 0 aliphatic heterocycles. The van der Waals surface area contributed by atoms with E-state index in [1.54, 1.807) is 0 Å². The van der Waals surface area contributed by atoms with Gasteiger partial charge in [0.15, 0.2) is 0 Å². The van der Waals surface area contributed by atoms with Crippen LogP contribution in [0.25, 0.3) is 0 Å². The molecule has 0 fully saturated rings. The summed E-state index contributed by atoms with van der Waals surface area (Å²) in [7, 11) is 1.42. The second kappa shape index (κ2) is 3.84. The van der Waals surface area contributed by atoms with E-state index in [0.29, 0.717) is 5.82 Å². The number of nitrogens with zero attached hydrogens (tertiary/aromatic N) is 1. The third-order valence-corrected chi connectivity index (χ3v) is 0.959. The van der Waals surface area contributed by atoms with Crippen LogP contribution in [0.4, 0.5) is 0 Å². The normalized spacial score (nSPS) is 12.9. The van der Waals surface area contributed by atoms with E-state index in [9.17, 15) is 4.91 Å². The average molecular weight is 97.9 g/mol. The van der Waals surface area contributed by atoms with Crippen molar-refractivity contribution < 1.29 is 0 Å². The molecular weight excluding hydrogens is 88.9 g/mol. The Balaban J connectivity index is 2.98. The van der Waals surface area contributed by atoms with Gasteiger partial charge in [-0.15, -0.1) is 5.09 Å². The molecule has 0 spiro atoms. The maximum Gasteiger partial charge on any atom is 0.339 e. The molecule has 3 heteroatoms. The van der Waals surface area contributed by atoms with Crippen LogP contribution < -0.4 is 0 Å². The van der Waals surface area contributed by atoms with Gasteiger partial charge in [-0.05, 0) is 5.82 Å². The van der Waals surface area contributed by atoms with Crippen molar-refractivity contribution in [2.45, 2.75) is 26.1 Å². The van der Waals surface area contributed by atoms with Crippen molar-refractivity contribution in [2.24, 2.45) is 5.09 Å². The fraction of sp³-hybridized carbons (Fsp3) is 1.00. The first-order valence-corrected chi connectivity index (χ1v) is 2.47. The maximum absolute atomic E-state index is 9.47. The fourth-order valence-electron chi connectivity index (χ4n) is 0.209. The Labute approximate surface area is 44.5 Å². The average Bonchev–Trinajstić information content (AvgIpc) is 1.68. The van der Waals surface area contributed by atoms with Crippen molar-refractivity contribution in [3.63, 3.8) is 0 Å². The molecule has 0 heterocycles. The topological polar surface area (TPSA) is 29.4 Å². The van der Waals surface area contributed by atoms with E-state index in [1.165, 1.54) is 7.41 Å². The fourth-order valence-corrected chi connectivity index (χ4v) is 0.209. The van der Waals surface area contributed by atoms with Crippen molar-refractivity contribution >= 4 is 7.41 Å². The number of rotatable bonds is 3. The van der Waals surface area contributed by atoms with E-state index >= 15 is 0 Å². The molecule has 0 aliphatic rings. The highest BCUT2D eigenvalue weighted by Gasteiger charge is 1.99. The smallest absolute Gasteiger partial charge is 0.169 e. The molecule has 1 atom stereocenters. The van der Waals surface area contributed by atoms with Gasteiger partial charge in [0.2, 0.25) is 0 Å². The molecule has 0 amide bonds. The maximum atomic E-state index is 9.47. The van der Waals surface area contributed by atoms with Crippen LogP contribution in [0, 0.1) is 4.91 Å². The van der Waals surface area contributed by atoms with Crippen LogP contribution in [0.2, 0.25) is 5.82 Å². The zero-order valence-electron chi connectivity index (χ0n) is 4.72. The molecule has 0 saturated heterocycles. The van der Waals surface area contributed by atoms with Gasteiger partial charge in [-0.2, -0.15) is 4.91 Å². The van der Waals surface area contributed by atoms with Gasteiger partial charge in [0, 0.05) is 0 Å². The lowest BCUT2D eigenvalue weighted by molar-refractivity contribution is 0.867. The molecule has 0 saturated carbocycles. The molecule has 0 rings (SSSR count). The first-order chi connectivity index (χ1) is 3.31. The summed E-state index contributed by atoms with van der Waals surface area (Å²) in [4.78, 5) is 9.47. The second-order valence-electron chi connectivity index (χ2n) is 1.64. The summed E-state index contributed by atoms with van der Waals surface area (Å²) < 4.78 is 0. The third kappa shape index (κ3) is 3.50. The quantitative estimate of drug-likeness (QED) is 0.389. The Kier molecular flexibility index (Phi) is 3.66. The summed E-state index contributed by atoms with van der Waals surface area (Å²) in [6.45, 7) is 3.98. The van der Waals surface area contributed by atoms with E-state index in [0.717, 1.165) is 6.42 Å². The molecule has 0 bridgehead atoms. The Bertz CT molecular complexity index is 57.7. The van der Waals surface area contributed by atoms with Crippen molar-refractivity contribution in [1.82, 2.24) is 0 Å². The molecule has 0 aromatic rings. The van der Waals surface area contributed by atoms with Crippen LogP contribution in [0.3, 0.4) is 0 Å². The van der Waals surface area contributed by atoms with Crippen LogP contribution in [0.5, 0.6) is 0 Å². The Morgan fingerprint density at radius 1 is 1.86 bits per heavy atom. The predicted molar refractivity (Wildman–Crippen MR) is 31.3 cm³/mol. The van der Waals surface area contributed by atoms with Gasteiger partial charge in [0.1, 0.15) is 0 Å². The van der Waals surface area contributed by atoms with E-state index < -0.39 is 0 Å².